The third kappa shape index (κ3) is 3.02. The fraction of sp³-hybridized carbons (Fsp3) is 0.353. The number of piperazine rings is 1. The molecule has 3 heterocycles. The summed E-state index contributed by atoms with van der Waals surface area (Å²) in [6, 6.07) is 0.243. The Balaban J connectivity index is 2.06. The Morgan fingerprint density at radius 3 is 2.10 bits per heavy atom. The summed E-state index contributed by atoms with van der Waals surface area (Å²) in [4.78, 5) is 13.8. The van der Waals surface area contributed by atoms with Crippen molar-refractivity contribution in [1.29, 1.82) is 0 Å². The molecule has 4 rings (SSSR count). The van der Waals surface area contributed by atoms with E-state index in [4.69, 9.17) is 0 Å². The van der Waals surface area contributed by atoms with Gasteiger partial charge in [-0.3, -0.25) is 4.98 Å². The van der Waals surface area contributed by atoms with Crippen molar-refractivity contribution in [3.05, 3.63) is 35.7 Å². The highest BCUT2D eigenvalue weighted by molar-refractivity contribution is 6.06. The van der Waals surface area contributed by atoms with Crippen LogP contribution in [0.25, 0.3) is 21.9 Å². The Kier molecular flexibility index (Phi) is 4.48. The van der Waals surface area contributed by atoms with Gasteiger partial charge in [0.2, 0.25) is 0 Å². The molecule has 5 nitrogen and oxygen atoms in total. The average Bonchev–Trinajstić information content (AvgIpc) is 2.69. The number of halogens is 7. The number of hydrogen-bond acceptors (Lipinski definition) is 5. The number of fused-ring (bicyclic) bond motifs is 3. The van der Waals surface area contributed by atoms with Crippen molar-refractivity contribution in [2.24, 2.45) is 0 Å². The Hall–Kier alpha value is -2.76. The molecule has 0 atom stereocenters. The lowest BCUT2D eigenvalue weighted by Gasteiger charge is -2.29. The maximum absolute atomic E-state index is 14.6. The fourth-order valence-corrected chi connectivity index (χ4v) is 3.24. The number of hydrogen-bond donors (Lipinski definition) is 1. The van der Waals surface area contributed by atoms with Crippen LogP contribution in [-0.2, 0) is 5.92 Å². The van der Waals surface area contributed by atoms with E-state index in [9.17, 15) is 30.7 Å². The van der Waals surface area contributed by atoms with Gasteiger partial charge in [0.25, 0.3) is 0 Å². The van der Waals surface area contributed by atoms with Crippen molar-refractivity contribution in [1.82, 2.24) is 20.3 Å². The standard InChI is InChI=1S/C17H12F7N5/c18-10-9(16(20,21)17(22,23)24)7-8-12(11(10)19)28-15(29-5-3-25-4-6-29)14-13(8)26-1-2-27-14/h1-2,7,25H,3-6H2. The number of benzene rings is 1. The van der Waals surface area contributed by atoms with Crippen LogP contribution >= 0.6 is 0 Å². The van der Waals surface area contributed by atoms with Crippen LogP contribution in [0.5, 0.6) is 0 Å². The molecule has 1 aliphatic heterocycles. The van der Waals surface area contributed by atoms with Gasteiger partial charge in [-0.25, -0.2) is 18.7 Å². The van der Waals surface area contributed by atoms with Gasteiger partial charge in [-0.2, -0.15) is 22.0 Å². The summed E-state index contributed by atoms with van der Waals surface area (Å²) in [6.07, 6.45) is -3.65. The van der Waals surface area contributed by atoms with Gasteiger partial charge in [0.05, 0.1) is 5.56 Å². The normalized spacial score (nSPS) is 16.0. The van der Waals surface area contributed by atoms with Crippen LogP contribution in [0.1, 0.15) is 5.56 Å². The van der Waals surface area contributed by atoms with Crippen molar-refractivity contribution >= 4 is 27.8 Å². The van der Waals surface area contributed by atoms with Crippen LogP contribution in [-0.4, -0.2) is 47.3 Å². The van der Waals surface area contributed by atoms with Crippen LogP contribution in [0, 0.1) is 11.6 Å². The molecule has 1 aliphatic rings. The number of alkyl halides is 5. The molecule has 154 valence electrons. The van der Waals surface area contributed by atoms with Gasteiger partial charge in [-0.15, -0.1) is 0 Å². The van der Waals surface area contributed by atoms with E-state index in [1.54, 1.807) is 4.90 Å². The largest absolute Gasteiger partial charge is 0.458 e. The van der Waals surface area contributed by atoms with E-state index in [2.05, 4.69) is 20.3 Å². The van der Waals surface area contributed by atoms with Crippen molar-refractivity contribution in [2.45, 2.75) is 12.1 Å². The minimum Gasteiger partial charge on any atom is -0.352 e. The van der Waals surface area contributed by atoms with E-state index in [-0.39, 0.29) is 22.9 Å². The van der Waals surface area contributed by atoms with Crippen molar-refractivity contribution in [2.75, 3.05) is 31.1 Å². The number of anilines is 1. The molecule has 0 saturated carbocycles. The molecule has 1 N–H and O–H groups in total. The summed E-state index contributed by atoms with van der Waals surface area (Å²) >= 11 is 0. The molecule has 0 radical (unpaired) electrons. The highest BCUT2D eigenvalue weighted by Crippen LogP contribution is 2.46. The third-order valence-corrected chi connectivity index (χ3v) is 4.67. The van der Waals surface area contributed by atoms with Crippen LogP contribution in [0.15, 0.2) is 18.5 Å². The van der Waals surface area contributed by atoms with Crippen LogP contribution in [0.2, 0.25) is 0 Å². The average molecular weight is 419 g/mol. The molecular formula is C17H12F7N5. The maximum Gasteiger partial charge on any atom is 0.458 e. The van der Waals surface area contributed by atoms with Crippen molar-refractivity contribution < 1.29 is 30.7 Å². The molecular weight excluding hydrogens is 407 g/mol. The first-order valence-corrected chi connectivity index (χ1v) is 8.46. The maximum atomic E-state index is 14.6. The predicted octanol–water partition coefficient (Wildman–Crippen LogP) is 3.52. The second-order valence-corrected chi connectivity index (χ2v) is 6.45. The van der Waals surface area contributed by atoms with Crippen LogP contribution < -0.4 is 10.2 Å². The molecule has 2 aromatic heterocycles. The van der Waals surface area contributed by atoms with Crippen LogP contribution in [0.4, 0.5) is 36.6 Å². The van der Waals surface area contributed by atoms with Crippen molar-refractivity contribution in [3.8, 4) is 0 Å². The lowest BCUT2D eigenvalue weighted by Crippen LogP contribution is -2.44. The van der Waals surface area contributed by atoms with Gasteiger partial charge in [0, 0.05) is 44.0 Å². The van der Waals surface area contributed by atoms with E-state index in [1.165, 1.54) is 12.4 Å². The molecule has 0 spiro atoms. The van der Waals surface area contributed by atoms with Gasteiger partial charge in [0.15, 0.2) is 17.5 Å². The molecule has 29 heavy (non-hydrogen) atoms. The number of nitrogens with one attached hydrogen (secondary N) is 1. The van der Waals surface area contributed by atoms with E-state index >= 15 is 0 Å². The highest BCUT2D eigenvalue weighted by Gasteiger charge is 2.60. The third-order valence-electron chi connectivity index (χ3n) is 4.67. The Bertz CT molecular complexity index is 1090. The molecule has 0 aliphatic carbocycles. The zero-order chi connectivity index (χ0) is 21.0. The summed E-state index contributed by atoms with van der Waals surface area (Å²) in [5, 5.41) is 2.62. The first-order chi connectivity index (χ1) is 13.6. The van der Waals surface area contributed by atoms with Crippen molar-refractivity contribution in [3.63, 3.8) is 0 Å². The summed E-state index contributed by atoms with van der Waals surface area (Å²) < 4.78 is 94.8. The Morgan fingerprint density at radius 2 is 1.48 bits per heavy atom. The van der Waals surface area contributed by atoms with E-state index < -0.39 is 40.2 Å². The zero-order valence-electron chi connectivity index (χ0n) is 14.5. The minimum absolute atomic E-state index is 0.0918. The minimum atomic E-state index is -6.11. The molecule has 0 unspecified atom stereocenters. The van der Waals surface area contributed by atoms with Crippen LogP contribution in [0.3, 0.4) is 0 Å². The monoisotopic (exact) mass is 419 g/mol. The molecule has 0 bridgehead atoms. The number of rotatable bonds is 2. The molecule has 1 fully saturated rings. The Labute approximate surface area is 158 Å². The lowest BCUT2D eigenvalue weighted by atomic mass is 10.0. The van der Waals surface area contributed by atoms with Gasteiger partial charge in [-0.1, -0.05) is 0 Å². The van der Waals surface area contributed by atoms with Gasteiger partial charge in [0.1, 0.15) is 16.6 Å². The summed E-state index contributed by atoms with van der Waals surface area (Å²) in [6.45, 7) is 2.07. The van der Waals surface area contributed by atoms with Gasteiger partial charge >= 0.3 is 12.1 Å². The molecule has 0 amide bonds. The fourth-order valence-electron chi connectivity index (χ4n) is 3.24. The highest BCUT2D eigenvalue weighted by atomic mass is 19.4. The Morgan fingerprint density at radius 1 is 0.862 bits per heavy atom. The predicted molar refractivity (Wildman–Crippen MR) is 89.8 cm³/mol. The first-order valence-electron chi connectivity index (χ1n) is 8.46. The number of pyridine rings is 1. The summed E-state index contributed by atoms with van der Waals surface area (Å²) in [5.74, 6) is -9.65. The number of nitrogens with zero attached hydrogens (tertiary/aromatic N) is 4. The molecule has 3 aromatic rings. The van der Waals surface area contributed by atoms with E-state index in [0.717, 1.165) is 0 Å². The lowest BCUT2D eigenvalue weighted by molar-refractivity contribution is -0.290. The first kappa shape index (κ1) is 19.6. The second-order valence-electron chi connectivity index (χ2n) is 6.45. The molecule has 12 heteroatoms. The SMILES string of the molecule is Fc1c(C(F)(F)C(F)(F)F)cc2c(nc(N3CCNCC3)c3nccnc32)c1F. The number of aromatic nitrogens is 3. The second kappa shape index (κ2) is 6.65. The smallest absolute Gasteiger partial charge is 0.352 e. The topological polar surface area (TPSA) is 53.9 Å². The molecule has 1 saturated heterocycles. The van der Waals surface area contributed by atoms with Gasteiger partial charge < -0.3 is 10.2 Å². The van der Waals surface area contributed by atoms with E-state index in [1.807, 2.05) is 0 Å². The van der Waals surface area contributed by atoms with Gasteiger partial charge in [-0.05, 0) is 6.07 Å². The molecule has 1 aromatic carbocycles. The van der Waals surface area contributed by atoms with E-state index in [0.29, 0.717) is 26.2 Å². The quantitative estimate of drug-likeness (QED) is 0.509. The summed E-state index contributed by atoms with van der Waals surface area (Å²) in [7, 11) is 0. The zero-order valence-corrected chi connectivity index (χ0v) is 14.5. The summed E-state index contributed by atoms with van der Waals surface area (Å²) in [5.41, 5.74) is -2.87.